The van der Waals surface area contributed by atoms with Gasteiger partial charge in [-0.25, -0.2) is 13.2 Å². The van der Waals surface area contributed by atoms with Gasteiger partial charge in [-0.05, 0) is 34.5 Å². The monoisotopic (exact) mass is 349 g/mol. The highest BCUT2D eigenvalue weighted by atomic mass is 79.9. The highest BCUT2D eigenvalue weighted by Gasteiger charge is 2.55. The number of hydrogen-bond donors (Lipinski definition) is 0. The first-order valence-electron chi connectivity index (χ1n) is 6.65. The minimum absolute atomic E-state index is 0.0328. The summed E-state index contributed by atoms with van der Waals surface area (Å²) in [6, 6.07) is 4.21. The second kappa shape index (κ2) is 5.22. The highest BCUT2D eigenvalue weighted by Crippen LogP contribution is 2.47. The molecule has 0 spiro atoms. The average molecular weight is 350 g/mol. The van der Waals surface area contributed by atoms with Crippen LogP contribution in [0.5, 0.6) is 5.75 Å². The lowest BCUT2D eigenvalue weighted by molar-refractivity contribution is -0.0683. The smallest absolute Gasteiger partial charge is 0.253 e. The number of fused-ring (bicyclic) bond motifs is 2. The molecule has 2 atom stereocenters. The van der Waals surface area contributed by atoms with Crippen LogP contribution in [0.15, 0.2) is 22.7 Å². The van der Waals surface area contributed by atoms with E-state index in [1.54, 1.807) is 6.07 Å². The molecule has 2 aliphatic rings. The van der Waals surface area contributed by atoms with Gasteiger partial charge in [-0.3, -0.25) is 4.90 Å². The zero-order valence-electron chi connectivity index (χ0n) is 10.8. The van der Waals surface area contributed by atoms with Crippen LogP contribution < -0.4 is 4.74 Å². The summed E-state index contributed by atoms with van der Waals surface area (Å²) in [6.07, 6.45) is 0.540. The van der Waals surface area contributed by atoms with E-state index in [2.05, 4.69) is 20.8 Å². The van der Waals surface area contributed by atoms with Gasteiger partial charge in [0.15, 0.2) is 0 Å². The molecule has 2 unspecified atom stereocenters. The van der Waals surface area contributed by atoms with E-state index in [1.807, 2.05) is 0 Å². The summed E-state index contributed by atoms with van der Waals surface area (Å²) >= 11 is 3.29. The van der Waals surface area contributed by atoms with Crippen LogP contribution in [0.1, 0.15) is 12.8 Å². The molecule has 110 valence electrons. The van der Waals surface area contributed by atoms with E-state index in [4.69, 9.17) is 4.74 Å². The molecule has 0 amide bonds. The highest BCUT2D eigenvalue weighted by molar-refractivity contribution is 9.10. The third-order valence-electron chi connectivity index (χ3n) is 4.16. The normalized spacial score (nSPS) is 28.0. The second-order valence-corrected chi connectivity index (χ2v) is 6.32. The van der Waals surface area contributed by atoms with E-state index in [0.717, 1.165) is 0 Å². The zero-order valence-corrected chi connectivity index (χ0v) is 12.4. The summed E-state index contributed by atoms with van der Waals surface area (Å²) in [5.41, 5.74) is 0. The summed E-state index contributed by atoms with van der Waals surface area (Å²) in [5, 5.41) is 0. The van der Waals surface area contributed by atoms with Crippen LogP contribution in [-0.4, -0.2) is 36.6 Å². The number of benzene rings is 1. The molecule has 2 fully saturated rings. The van der Waals surface area contributed by atoms with Crippen LogP contribution >= 0.6 is 15.9 Å². The Morgan fingerprint density at radius 3 is 2.85 bits per heavy atom. The average Bonchev–Trinajstić information content (AvgIpc) is 2.89. The maximum atomic E-state index is 13.4. The first kappa shape index (κ1) is 14.2. The van der Waals surface area contributed by atoms with Crippen LogP contribution in [0.2, 0.25) is 0 Å². The Kier molecular flexibility index (Phi) is 3.71. The van der Waals surface area contributed by atoms with Gasteiger partial charge < -0.3 is 4.74 Å². The standard InChI is InChI=1S/C14H15BrF3NO/c15-12-2-1-10(16)6-13(12)20-4-3-19-8-9-5-11(19)7-14(9,17)18/h1-2,6,9,11H,3-5,7-8H2. The Balaban J connectivity index is 1.51. The van der Waals surface area contributed by atoms with Crippen molar-refractivity contribution < 1.29 is 17.9 Å². The SMILES string of the molecule is Fc1ccc(Br)c(OCCN2CC3CC2CC3(F)F)c1. The van der Waals surface area contributed by atoms with Gasteiger partial charge in [-0.15, -0.1) is 0 Å². The summed E-state index contributed by atoms with van der Waals surface area (Å²) < 4.78 is 46.1. The Morgan fingerprint density at radius 1 is 1.40 bits per heavy atom. The van der Waals surface area contributed by atoms with E-state index in [9.17, 15) is 13.2 Å². The molecule has 2 bridgehead atoms. The van der Waals surface area contributed by atoms with E-state index in [-0.39, 0.29) is 18.3 Å². The molecule has 1 saturated carbocycles. The van der Waals surface area contributed by atoms with E-state index >= 15 is 0 Å². The fourth-order valence-corrected chi connectivity index (χ4v) is 3.48. The lowest BCUT2D eigenvalue weighted by Crippen LogP contribution is -2.42. The van der Waals surface area contributed by atoms with Crippen molar-refractivity contribution in [2.24, 2.45) is 5.92 Å². The second-order valence-electron chi connectivity index (χ2n) is 5.47. The number of alkyl halides is 2. The first-order valence-corrected chi connectivity index (χ1v) is 7.45. The van der Waals surface area contributed by atoms with Gasteiger partial charge in [-0.1, -0.05) is 0 Å². The quantitative estimate of drug-likeness (QED) is 0.821. The molecule has 1 aliphatic carbocycles. The van der Waals surface area contributed by atoms with E-state index in [0.29, 0.717) is 36.3 Å². The van der Waals surface area contributed by atoms with E-state index in [1.165, 1.54) is 12.1 Å². The lowest BCUT2D eigenvalue weighted by Gasteiger charge is -2.31. The summed E-state index contributed by atoms with van der Waals surface area (Å²) in [4.78, 5) is 2.05. The van der Waals surface area contributed by atoms with Crippen molar-refractivity contribution >= 4 is 15.9 Å². The van der Waals surface area contributed by atoms with Crippen LogP contribution in [0.4, 0.5) is 13.2 Å². The topological polar surface area (TPSA) is 12.5 Å². The molecule has 1 aliphatic heterocycles. The number of hydrogen-bond acceptors (Lipinski definition) is 2. The van der Waals surface area contributed by atoms with Crippen molar-refractivity contribution in [1.82, 2.24) is 4.90 Å². The molecule has 20 heavy (non-hydrogen) atoms. The summed E-state index contributed by atoms with van der Waals surface area (Å²) in [7, 11) is 0. The van der Waals surface area contributed by atoms with Crippen molar-refractivity contribution in [2.75, 3.05) is 19.7 Å². The zero-order chi connectivity index (χ0) is 14.3. The van der Waals surface area contributed by atoms with Crippen molar-refractivity contribution in [3.8, 4) is 5.75 Å². The number of rotatable bonds is 4. The number of ether oxygens (including phenoxy) is 1. The maximum Gasteiger partial charge on any atom is 0.253 e. The molecule has 0 N–H and O–H groups in total. The molecule has 6 heteroatoms. The molecule has 1 heterocycles. The van der Waals surface area contributed by atoms with Crippen molar-refractivity contribution in [2.45, 2.75) is 24.8 Å². The molecule has 1 saturated heterocycles. The predicted molar refractivity (Wildman–Crippen MR) is 72.6 cm³/mol. The molecule has 1 aromatic rings. The van der Waals surface area contributed by atoms with Crippen molar-refractivity contribution in [1.29, 1.82) is 0 Å². The number of halogens is 4. The largest absolute Gasteiger partial charge is 0.491 e. The number of piperidine rings is 1. The lowest BCUT2D eigenvalue weighted by atomic mass is 10.1. The van der Waals surface area contributed by atoms with Crippen LogP contribution in [0.25, 0.3) is 0 Å². The number of likely N-dealkylation sites (tertiary alicyclic amines) is 1. The van der Waals surface area contributed by atoms with Crippen LogP contribution in [-0.2, 0) is 0 Å². The van der Waals surface area contributed by atoms with Gasteiger partial charge in [0.2, 0.25) is 0 Å². The maximum absolute atomic E-state index is 13.4. The third kappa shape index (κ3) is 2.68. The molecular formula is C14H15BrF3NO. The van der Waals surface area contributed by atoms with Crippen LogP contribution in [0.3, 0.4) is 0 Å². The van der Waals surface area contributed by atoms with Gasteiger partial charge >= 0.3 is 0 Å². The van der Waals surface area contributed by atoms with Gasteiger partial charge in [0.1, 0.15) is 18.2 Å². The van der Waals surface area contributed by atoms with Crippen molar-refractivity contribution in [3.63, 3.8) is 0 Å². The van der Waals surface area contributed by atoms with E-state index < -0.39 is 11.8 Å². The summed E-state index contributed by atoms with van der Waals surface area (Å²) in [6.45, 7) is 1.41. The Bertz CT molecular complexity index is 511. The van der Waals surface area contributed by atoms with Gasteiger partial charge in [0.25, 0.3) is 5.92 Å². The Hall–Kier alpha value is -0.750. The van der Waals surface area contributed by atoms with Gasteiger partial charge in [0.05, 0.1) is 4.47 Å². The minimum Gasteiger partial charge on any atom is -0.491 e. The molecule has 2 nitrogen and oxygen atoms in total. The first-order chi connectivity index (χ1) is 9.45. The molecule has 3 rings (SSSR count). The Labute approximate surface area is 124 Å². The fourth-order valence-electron chi connectivity index (χ4n) is 3.12. The van der Waals surface area contributed by atoms with Crippen LogP contribution in [0, 0.1) is 11.7 Å². The Morgan fingerprint density at radius 2 is 2.20 bits per heavy atom. The molecular weight excluding hydrogens is 335 g/mol. The molecule has 0 radical (unpaired) electrons. The minimum atomic E-state index is -2.49. The predicted octanol–water partition coefficient (Wildman–Crippen LogP) is 3.70. The summed E-state index contributed by atoms with van der Waals surface area (Å²) in [5.74, 6) is -2.91. The van der Waals surface area contributed by atoms with Crippen molar-refractivity contribution in [3.05, 3.63) is 28.5 Å². The third-order valence-corrected chi connectivity index (χ3v) is 4.82. The fraction of sp³-hybridized carbons (Fsp3) is 0.571. The molecule has 0 aromatic heterocycles. The van der Waals surface area contributed by atoms with Gasteiger partial charge in [-0.2, -0.15) is 0 Å². The van der Waals surface area contributed by atoms with Gasteiger partial charge in [0, 0.05) is 37.5 Å². The molecule has 1 aromatic carbocycles. The number of nitrogens with zero attached hydrogens (tertiary/aromatic N) is 1.